The van der Waals surface area contributed by atoms with Crippen LogP contribution in [0.5, 0.6) is 11.5 Å². The van der Waals surface area contributed by atoms with Crippen LogP contribution in [0.1, 0.15) is 18.4 Å². The summed E-state index contributed by atoms with van der Waals surface area (Å²) in [6.07, 6.45) is 1.82. The van der Waals surface area contributed by atoms with Crippen LogP contribution in [0.25, 0.3) is 0 Å². The summed E-state index contributed by atoms with van der Waals surface area (Å²) in [5.74, 6) is 0.929. The molecular weight excluding hydrogens is 328 g/mol. The molecule has 1 saturated heterocycles. The van der Waals surface area contributed by atoms with Gasteiger partial charge in [0.05, 0.1) is 19.1 Å². The third kappa shape index (κ3) is 4.25. The molecule has 126 valence electrons. The van der Waals surface area contributed by atoms with Gasteiger partial charge < -0.3 is 14.8 Å². The van der Waals surface area contributed by atoms with E-state index in [1.165, 1.54) is 20.3 Å². The van der Waals surface area contributed by atoms with Crippen molar-refractivity contribution < 1.29 is 17.9 Å². The summed E-state index contributed by atoms with van der Waals surface area (Å²) in [6.45, 7) is 3.34. The maximum atomic E-state index is 12.6. The predicted molar refractivity (Wildman–Crippen MR) is 87.7 cm³/mol. The van der Waals surface area contributed by atoms with E-state index in [1.807, 2.05) is 0 Å². The van der Waals surface area contributed by atoms with E-state index in [-0.39, 0.29) is 23.3 Å². The minimum atomic E-state index is -3.57. The smallest absolute Gasteiger partial charge is 0.241 e. The van der Waals surface area contributed by atoms with Crippen molar-refractivity contribution in [3.05, 3.63) is 17.7 Å². The molecule has 0 radical (unpaired) electrons. The van der Waals surface area contributed by atoms with Gasteiger partial charge in [-0.25, -0.2) is 13.1 Å². The van der Waals surface area contributed by atoms with Gasteiger partial charge in [-0.2, -0.15) is 0 Å². The Balaban J connectivity index is 0.00000242. The standard InChI is InChI=1S/C14H22N2O4S.ClH/c1-10-7-12(19-2)13(20-3)8-14(10)21(17,18)16-11-5-4-6-15-9-11;/h7-8,11,15-16H,4-6,9H2,1-3H3;1H/t11-;/m0./s1. The summed E-state index contributed by atoms with van der Waals surface area (Å²) in [7, 11) is -0.560. The lowest BCUT2D eigenvalue weighted by Crippen LogP contribution is -2.45. The zero-order valence-electron chi connectivity index (χ0n) is 13.0. The van der Waals surface area contributed by atoms with Crippen molar-refractivity contribution in [3.63, 3.8) is 0 Å². The number of benzene rings is 1. The number of hydrogen-bond acceptors (Lipinski definition) is 5. The van der Waals surface area contributed by atoms with Gasteiger partial charge in [-0.15, -0.1) is 12.4 Å². The summed E-state index contributed by atoms with van der Waals surface area (Å²) < 4.78 is 38.2. The number of nitrogens with one attached hydrogen (secondary N) is 2. The van der Waals surface area contributed by atoms with Crippen LogP contribution < -0.4 is 19.5 Å². The fourth-order valence-electron chi connectivity index (χ4n) is 2.49. The van der Waals surface area contributed by atoms with Crippen molar-refractivity contribution in [2.45, 2.75) is 30.7 Å². The fraction of sp³-hybridized carbons (Fsp3) is 0.571. The van der Waals surface area contributed by atoms with E-state index in [0.29, 0.717) is 23.6 Å². The maximum absolute atomic E-state index is 12.6. The summed E-state index contributed by atoms with van der Waals surface area (Å²) in [4.78, 5) is 0.228. The number of piperidine rings is 1. The zero-order valence-corrected chi connectivity index (χ0v) is 14.6. The van der Waals surface area contributed by atoms with Crippen molar-refractivity contribution in [2.24, 2.45) is 0 Å². The van der Waals surface area contributed by atoms with Crippen LogP contribution in [0.2, 0.25) is 0 Å². The second-order valence-corrected chi connectivity index (χ2v) is 6.82. The number of sulfonamides is 1. The van der Waals surface area contributed by atoms with Crippen LogP contribution in [0.15, 0.2) is 17.0 Å². The predicted octanol–water partition coefficient (Wildman–Crippen LogP) is 1.46. The lowest BCUT2D eigenvalue weighted by atomic mass is 10.1. The van der Waals surface area contributed by atoms with E-state index in [1.54, 1.807) is 13.0 Å². The van der Waals surface area contributed by atoms with Crippen LogP contribution in [-0.2, 0) is 10.0 Å². The Kier molecular flexibility index (Phi) is 6.93. The largest absolute Gasteiger partial charge is 0.493 e. The highest BCUT2D eigenvalue weighted by atomic mass is 35.5. The van der Waals surface area contributed by atoms with Crippen LogP contribution in [0, 0.1) is 6.92 Å². The van der Waals surface area contributed by atoms with E-state index in [0.717, 1.165) is 19.4 Å². The van der Waals surface area contributed by atoms with Gasteiger partial charge in [-0.3, -0.25) is 0 Å². The molecule has 1 aromatic carbocycles. The average Bonchev–Trinajstić information content (AvgIpc) is 2.47. The van der Waals surface area contributed by atoms with Crippen molar-refractivity contribution in [2.75, 3.05) is 27.3 Å². The molecule has 2 rings (SSSR count). The molecule has 0 amide bonds. The van der Waals surface area contributed by atoms with Crippen LogP contribution in [0.3, 0.4) is 0 Å². The summed E-state index contributed by atoms with van der Waals surface area (Å²) >= 11 is 0. The molecule has 1 heterocycles. The minimum Gasteiger partial charge on any atom is -0.493 e. The van der Waals surface area contributed by atoms with Gasteiger partial charge in [0.15, 0.2) is 11.5 Å². The number of ether oxygens (including phenoxy) is 2. The first-order chi connectivity index (χ1) is 9.97. The molecular formula is C14H23ClN2O4S. The molecule has 22 heavy (non-hydrogen) atoms. The minimum absolute atomic E-state index is 0. The van der Waals surface area contributed by atoms with Crippen LogP contribution in [-0.4, -0.2) is 41.8 Å². The maximum Gasteiger partial charge on any atom is 0.241 e. The van der Waals surface area contributed by atoms with E-state index in [4.69, 9.17) is 9.47 Å². The van der Waals surface area contributed by atoms with Crippen molar-refractivity contribution in [1.29, 1.82) is 0 Å². The summed E-state index contributed by atoms with van der Waals surface area (Å²) in [5, 5.41) is 3.19. The highest BCUT2D eigenvalue weighted by Crippen LogP contribution is 2.32. The quantitative estimate of drug-likeness (QED) is 0.840. The van der Waals surface area contributed by atoms with Gasteiger partial charge in [0.1, 0.15) is 0 Å². The fourth-order valence-corrected chi connectivity index (χ4v) is 4.00. The third-order valence-electron chi connectivity index (χ3n) is 3.59. The molecule has 0 bridgehead atoms. The first-order valence-corrected chi connectivity index (χ1v) is 8.42. The highest BCUT2D eigenvalue weighted by molar-refractivity contribution is 7.89. The zero-order chi connectivity index (χ0) is 15.5. The number of aryl methyl sites for hydroxylation is 1. The second kappa shape index (κ2) is 8.01. The molecule has 0 aromatic heterocycles. The Morgan fingerprint density at radius 3 is 2.41 bits per heavy atom. The van der Waals surface area contributed by atoms with Crippen molar-refractivity contribution in [3.8, 4) is 11.5 Å². The molecule has 2 N–H and O–H groups in total. The van der Waals surface area contributed by atoms with Gasteiger partial charge in [-0.05, 0) is 37.9 Å². The Labute approximate surface area is 138 Å². The van der Waals surface area contributed by atoms with Gasteiger partial charge in [-0.1, -0.05) is 0 Å². The Hall–Kier alpha value is -1.02. The lowest BCUT2D eigenvalue weighted by Gasteiger charge is -2.24. The second-order valence-electron chi connectivity index (χ2n) is 5.14. The van der Waals surface area contributed by atoms with Crippen molar-refractivity contribution in [1.82, 2.24) is 10.0 Å². The molecule has 0 aliphatic carbocycles. The first-order valence-electron chi connectivity index (χ1n) is 6.93. The molecule has 0 saturated carbocycles. The number of rotatable bonds is 5. The number of halogens is 1. The molecule has 1 atom stereocenters. The van der Waals surface area contributed by atoms with Gasteiger partial charge >= 0.3 is 0 Å². The molecule has 0 spiro atoms. The molecule has 1 aromatic rings. The highest BCUT2D eigenvalue weighted by Gasteiger charge is 2.24. The van der Waals surface area contributed by atoms with Gasteiger partial charge in [0.2, 0.25) is 10.0 Å². The summed E-state index contributed by atoms with van der Waals surface area (Å²) in [6, 6.07) is 3.11. The van der Waals surface area contributed by atoms with E-state index >= 15 is 0 Å². The third-order valence-corrected chi connectivity index (χ3v) is 5.25. The van der Waals surface area contributed by atoms with Crippen LogP contribution in [0.4, 0.5) is 0 Å². The monoisotopic (exact) mass is 350 g/mol. The first kappa shape index (κ1) is 19.0. The summed E-state index contributed by atoms with van der Waals surface area (Å²) in [5.41, 5.74) is 0.629. The Morgan fingerprint density at radius 1 is 1.23 bits per heavy atom. The molecule has 1 aliphatic rings. The molecule has 1 fully saturated rings. The lowest BCUT2D eigenvalue weighted by molar-refractivity contribution is 0.353. The van der Waals surface area contributed by atoms with Gasteiger partial charge in [0.25, 0.3) is 0 Å². The molecule has 0 unspecified atom stereocenters. The van der Waals surface area contributed by atoms with E-state index < -0.39 is 10.0 Å². The number of methoxy groups -OCH3 is 2. The van der Waals surface area contributed by atoms with Crippen molar-refractivity contribution >= 4 is 22.4 Å². The number of hydrogen-bond donors (Lipinski definition) is 2. The SMILES string of the molecule is COc1cc(C)c(S(=O)(=O)N[C@H]2CCCNC2)cc1OC.Cl. The van der Waals surface area contributed by atoms with Crippen LogP contribution >= 0.6 is 12.4 Å². The molecule has 1 aliphatic heterocycles. The van der Waals surface area contributed by atoms with E-state index in [2.05, 4.69) is 10.0 Å². The molecule has 6 nitrogen and oxygen atoms in total. The average molecular weight is 351 g/mol. The normalized spacial score (nSPS) is 18.4. The Morgan fingerprint density at radius 2 is 1.86 bits per heavy atom. The topological polar surface area (TPSA) is 76.7 Å². The Bertz CT molecular complexity index is 601. The van der Waals surface area contributed by atoms with Gasteiger partial charge in [0, 0.05) is 18.7 Å². The molecule has 8 heteroatoms. The van der Waals surface area contributed by atoms with E-state index in [9.17, 15) is 8.42 Å².